The van der Waals surface area contributed by atoms with Gasteiger partial charge in [0.15, 0.2) is 0 Å². The molecule has 5 nitrogen and oxygen atoms in total. The number of esters is 1. The molecule has 4 aliphatic rings. The standard InChI is InChI=1S/C27H48N2O3/c1-17(5-8-24(31)32-4)20-6-7-21-25-22(10-12-27(20,21)3)26(2)11-9-19(29-14-13-28)15-18(26)16-23(25)30/h17-23,25,29-30H,5-16,28H2,1-4H3/t17-,18-,19-,20-,21?,22?,23?,25?,26+,27-/m1/s1. The predicted molar refractivity (Wildman–Crippen MR) is 128 cm³/mol. The topological polar surface area (TPSA) is 84.6 Å². The lowest BCUT2D eigenvalue weighted by Crippen LogP contribution is -2.59. The number of fused-ring (bicyclic) bond motifs is 5. The molecule has 32 heavy (non-hydrogen) atoms. The minimum absolute atomic E-state index is 0.0847. The van der Waals surface area contributed by atoms with Crippen molar-refractivity contribution >= 4 is 5.97 Å². The summed E-state index contributed by atoms with van der Waals surface area (Å²) >= 11 is 0. The highest BCUT2D eigenvalue weighted by atomic mass is 16.5. The second kappa shape index (κ2) is 9.54. The monoisotopic (exact) mass is 448 g/mol. The predicted octanol–water partition coefficient (Wildman–Crippen LogP) is 4.12. The van der Waals surface area contributed by atoms with Crippen LogP contribution in [0, 0.1) is 46.3 Å². The number of nitrogens with one attached hydrogen (secondary N) is 1. The average molecular weight is 449 g/mol. The van der Waals surface area contributed by atoms with Crippen LogP contribution in [-0.4, -0.2) is 43.4 Å². The molecule has 4 unspecified atom stereocenters. The van der Waals surface area contributed by atoms with Crippen molar-refractivity contribution in [2.75, 3.05) is 20.2 Å². The van der Waals surface area contributed by atoms with Crippen LogP contribution in [0.2, 0.25) is 0 Å². The van der Waals surface area contributed by atoms with Crippen molar-refractivity contribution in [3.8, 4) is 0 Å². The smallest absolute Gasteiger partial charge is 0.305 e. The largest absolute Gasteiger partial charge is 0.469 e. The van der Waals surface area contributed by atoms with Crippen LogP contribution < -0.4 is 11.1 Å². The Kier molecular flexibility index (Phi) is 7.30. The molecule has 4 fully saturated rings. The SMILES string of the molecule is COC(=O)CC[C@@H](C)[C@H]1CCC2C3C(O)C[C@H]4C[C@H](NCCN)CC[C@]4(C)C3CC[C@@]21C. The summed E-state index contributed by atoms with van der Waals surface area (Å²) in [5.41, 5.74) is 6.40. The van der Waals surface area contributed by atoms with E-state index in [1.165, 1.54) is 52.1 Å². The van der Waals surface area contributed by atoms with Crippen LogP contribution in [0.1, 0.15) is 85.0 Å². The molecule has 0 heterocycles. The molecule has 10 atom stereocenters. The Morgan fingerprint density at radius 2 is 1.84 bits per heavy atom. The van der Waals surface area contributed by atoms with Crippen molar-refractivity contribution in [2.24, 2.45) is 52.1 Å². The highest BCUT2D eigenvalue weighted by molar-refractivity contribution is 5.69. The number of carbonyl (C=O) groups is 1. The highest BCUT2D eigenvalue weighted by Crippen LogP contribution is 2.68. The van der Waals surface area contributed by atoms with Gasteiger partial charge in [-0.1, -0.05) is 20.8 Å². The van der Waals surface area contributed by atoms with Gasteiger partial charge in [-0.3, -0.25) is 4.79 Å². The van der Waals surface area contributed by atoms with E-state index in [-0.39, 0.29) is 12.1 Å². The van der Waals surface area contributed by atoms with Crippen LogP contribution in [0.5, 0.6) is 0 Å². The Hall–Kier alpha value is -0.650. The second-order valence-corrected chi connectivity index (χ2v) is 12.3. The zero-order valence-electron chi connectivity index (χ0n) is 20.9. The first kappa shape index (κ1) is 24.5. The molecule has 4 saturated carbocycles. The Morgan fingerprint density at radius 1 is 1.12 bits per heavy atom. The fourth-order valence-electron chi connectivity index (χ4n) is 9.32. The number of hydrogen-bond acceptors (Lipinski definition) is 5. The summed E-state index contributed by atoms with van der Waals surface area (Å²) < 4.78 is 4.89. The third kappa shape index (κ3) is 4.15. The summed E-state index contributed by atoms with van der Waals surface area (Å²) in [5, 5.41) is 15.2. The fourth-order valence-corrected chi connectivity index (χ4v) is 9.32. The molecular formula is C27H48N2O3. The summed E-state index contributed by atoms with van der Waals surface area (Å²) in [6.45, 7) is 9.03. The number of nitrogens with two attached hydrogens (primary N) is 1. The van der Waals surface area contributed by atoms with Gasteiger partial charge in [-0.15, -0.1) is 0 Å². The van der Waals surface area contributed by atoms with Gasteiger partial charge in [0.25, 0.3) is 0 Å². The Morgan fingerprint density at radius 3 is 2.56 bits per heavy atom. The first-order valence-corrected chi connectivity index (χ1v) is 13.4. The van der Waals surface area contributed by atoms with Gasteiger partial charge in [-0.25, -0.2) is 0 Å². The average Bonchev–Trinajstić information content (AvgIpc) is 3.13. The summed E-state index contributed by atoms with van der Waals surface area (Å²) in [7, 11) is 1.49. The summed E-state index contributed by atoms with van der Waals surface area (Å²) in [6, 6.07) is 0.570. The molecule has 0 aromatic carbocycles. The number of hydrogen-bond donors (Lipinski definition) is 3. The number of aliphatic hydroxyl groups is 1. The highest BCUT2D eigenvalue weighted by Gasteiger charge is 2.62. The molecule has 4 rings (SSSR count). The second-order valence-electron chi connectivity index (χ2n) is 12.3. The molecule has 0 amide bonds. The van der Waals surface area contributed by atoms with Gasteiger partial charge >= 0.3 is 5.97 Å². The van der Waals surface area contributed by atoms with E-state index in [0.717, 1.165) is 19.4 Å². The lowest BCUT2D eigenvalue weighted by atomic mass is 9.43. The van der Waals surface area contributed by atoms with E-state index < -0.39 is 0 Å². The fraction of sp³-hybridized carbons (Fsp3) is 0.963. The summed E-state index contributed by atoms with van der Waals surface area (Å²) in [5.74, 6) is 3.49. The molecule has 5 heteroatoms. The van der Waals surface area contributed by atoms with Gasteiger partial charge < -0.3 is 20.9 Å². The lowest BCUT2D eigenvalue weighted by molar-refractivity contribution is -0.167. The third-order valence-electron chi connectivity index (χ3n) is 11.1. The van der Waals surface area contributed by atoms with E-state index in [0.29, 0.717) is 65.3 Å². The van der Waals surface area contributed by atoms with Crippen molar-refractivity contribution in [3.63, 3.8) is 0 Å². The van der Waals surface area contributed by atoms with Gasteiger partial charge in [0.05, 0.1) is 13.2 Å². The van der Waals surface area contributed by atoms with Gasteiger partial charge in [0.1, 0.15) is 0 Å². The van der Waals surface area contributed by atoms with Crippen molar-refractivity contribution in [3.05, 3.63) is 0 Å². The van der Waals surface area contributed by atoms with Crippen LogP contribution in [0.4, 0.5) is 0 Å². The molecule has 4 aliphatic carbocycles. The normalized spacial score (nSPS) is 46.6. The molecular weight excluding hydrogens is 400 g/mol. The van der Waals surface area contributed by atoms with E-state index >= 15 is 0 Å². The maximum Gasteiger partial charge on any atom is 0.305 e. The quantitative estimate of drug-likeness (QED) is 0.510. The summed E-state index contributed by atoms with van der Waals surface area (Å²) in [6.07, 6.45) is 11.1. The summed E-state index contributed by atoms with van der Waals surface area (Å²) in [4.78, 5) is 11.7. The van der Waals surface area contributed by atoms with Gasteiger partial charge in [0, 0.05) is 25.6 Å². The lowest BCUT2D eigenvalue weighted by Gasteiger charge is -2.62. The van der Waals surface area contributed by atoms with Crippen molar-refractivity contribution in [1.29, 1.82) is 0 Å². The van der Waals surface area contributed by atoms with E-state index in [1.54, 1.807) is 0 Å². The first-order valence-electron chi connectivity index (χ1n) is 13.4. The van der Waals surface area contributed by atoms with Crippen molar-refractivity contribution < 1.29 is 14.6 Å². The Balaban J connectivity index is 1.48. The molecule has 0 saturated heterocycles. The van der Waals surface area contributed by atoms with Crippen LogP contribution in [0.3, 0.4) is 0 Å². The van der Waals surface area contributed by atoms with Crippen LogP contribution in [0.25, 0.3) is 0 Å². The maximum absolute atomic E-state index is 11.7. The van der Waals surface area contributed by atoms with Gasteiger partial charge in [0.2, 0.25) is 0 Å². The Bertz CT molecular complexity index is 671. The molecule has 0 aromatic heterocycles. The molecule has 0 aliphatic heterocycles. The molecule has 4 N–H and O–H groups in total. The van der Waals surface area contributed by atoms with E-state index in [9.17, 15) is 9.90 Å². The zero-order chi connectivity index (χ0) is 23.1. The Labute approximate surface area is 195 Å². The maximum atomic E-state index is 11.7. The van der Waals surface area contributed by atoms with Crippen molar-refractivity contribution in [1.82, 2.24) is 5.32 Å². The number of methoxy groups -OCH3 is 1. The number of ether oxygens (including phenoxy) is 1. The zero-order valence-corrected chi connectivity index (χ0v) is 20.9. The minimum Gasteiger partial charge on any atom is -0.469 e. The van der Waals surface area contributed by atoms with Crippen LogP contribution in [-0.2, 0) is 9.53 Å². The number of aliphatic hydroxyl groups excluding tert-OH is 1. The van der Waals surface area contributed by atoms with E-state index in [4.69, 9.17) is 10.5 Å². The van der Waals surface area contributed by atoms with Crippen LogP contribution in [0.15, 0.2) is 0 Å². The molecule has 0 bridgehead atoms. The first-order chi connectivity index (χ1) is 15.2. The van der Waals surface area contributed by atoms with Crippen molar-refractivity contribution in [2.45, 2.75) is 97.1 Å². The minimum atomic E-state index is -0.153. The van der Waals surface area contributed by atoms with Gasteiger partial charge in [-0.2, -0.15) is 0 Å². The third-order valence-corrected chi connectivity index (χ3v) is 11.1. The van der Waals surface area contributed by atoms with E-state index in [2.05, 4.69) is 26.1 Å². The van der Waals surface area contributed by atoms with Crippen LogP contribution >= 0.6 is 0 Å². The molecule has 0 spiro atoms. The van der Waals surface area contributed by atoms with Gasteiger partial charge in [-0.05, 0) is 104 Å². The molecule has 0 radical (unpaired) electrons. The van der Waals surface area contributed by atoms with E-state index in [1.807, 2.05) is 0 Å². The number of rotatable bonds is 7. The molecule has 184 valence electrons. The number of carbonyl (C=O) groups excluding carboxylic acids is 1. The molecule has 0 aromatic rings.